The summed E-state index contributed by atoms with van der Waals surface area (Å²) in [5.41, 5.74) is 3.91. The van der Waals surface area contributed by atoms with E-state index in [-0.39, 0.29) is 11.7 Å². The quantitative estimate of drug-likeness (QED) is 0.532. The predicted octanol–water partition coefficient (Wildman–Crippen LogP) is 3.98. The Morgan fingerprint density at radius 2 is 1.76 bits per heavy atom. The number of carbonyl (C=O) groups is 1. The molecule has 0 unspecified atom stereocenters. The molecule has 0 saturated carbocycles. The van der Waals surface area contributed by atoms with E-state index in [0.29, 0.717) is 39.0 Å². The van der Waals surface area contributed by atoms with Gasteiger partial charge >= 0.3 is 0 Å². The van der Waals surface area contributed by atoms with Crippen LogP contribution < -0.4 is 9.64 Å². The first kappa shape index (κ1) is 23.7. The fourth-order valence-corrected chi connectivity index (χ4v) is 4.42. The first-order valence-corrected chi connectivity index (χ1v) is 11.7. The van der Waals surface area contributed by atoms with Crippen molar-refractivity contribution in [1.82, 2.24) is 14.9 Å². The SMILES string of the molecule is CCc1nc(C)nc(N2CCN(C(=O)Cc3ccc(OC)cc3)CC2)c1Cc1cccc(F)c1. The van der Waals surface area contributed by atoms with Gasteiger partial charge in [0, 0.05) is 43.9 Å². The maximum atomic E-state index is 13.8. The van der Waals surface area contributed by atoms with Crippen molar-refractivity contribution in [1.29, 1.82) is 0 Å². The molecular weight excluding hydrogens is 431 g/mol. The molecule has 7 heteroatoms. The number of methoxy groups -OCH3 is 1. The van der Waals surface area contributed by atoms with Gasteiger partial charge in [-0.15, -0.1) is 0 Å². The minimum Gasteiger partial charge on any atom is -0.497 e. The Morgan fingerprint density at radius 1 is 1.03 bits per heavy atom. The molecule has 34 heavy (non-hydrogen) atoms. The van der Waals surface area contributed by atoms with Gasteiger partial charge < -0.3 is 14.5 Å². The van der Waals surface area contributed by atoms with Crippen molar-refractivity contribution in [3.63, 3.8) is 0 Å². The van der Waals surface area contributed by atoms with Crippen molar-refractivity contribution >= 4 is 11.7 Å². The van der Waals surface area contributed by atoms with E-state index in [9.17, 15) is 9.18 Å². The lowest BCUT2D eigenvalue weighted by molar-refractivity contribution is -0.130. The Hall–Kier alpha value is -3.48. The topological polar surface area (TPSA) is 58.6 Å². The lowest BCUT2D eigenvalue weighted by atomic mass is 10.0. The van der Waals surface area contributed by atoms with Crippen LogP contribution in [0.3, 0.4) is 0 Å². The van der Waals surface area contributed by atoms with E-state index in [1.165, 1.54) is 6.07 Å². The second-order valence-electron chi connectivity index (χ2n) is 8.57. The van der Waals surface area contributed by atoms with Gasteiger partial charge in [0.05, 0.1) is 13.5 Å². The monoisotopic (exact) mass is 462 g/mol. The number of halogens is 1. The summed E-state index contributed by atoms with van der Waals surface area (Å²) in [6, 6.07) is 14.3. The largest absolute Gasteiger partial charge is 0.497 e. The molecule has 0 aliphatic carbocycles. The predicted molar refractivity (Wildman–Crippen MR) is 131 cm³/mol. The van der Waals surface area contributed by atoms with Crippen LogP contribution in [0.2, 0.25) is 0 Å². The fraction of sp³-hybridized carbons (Fsp3) is 0.370. The third kappa shape index (κ3) is 5.53. The minimum absolute atomic E-state index is 0.123. The maximum Gasteiger partial charge on any atom is 0.227 e. The van der Waals surface area contributed by atoms with Crippen LogP contribution in [0.15, 0.2) is 48.5 Å². The molecule has 1 amide bonds. The first-order chi connectivity index (χ1) is 16.5. The van der Waals surface area contributed by atoms with E-state index >= 15 is 0 Å². The Kier molecular flexibility index (Phi) is 7.40. The molecule has 0 atom stereocenters. The van der Waals surface area contributed by atoms with E-state index in [2.05, 4.69) is 16.8 Å². The zero-order valence-corrected chi connectivity index (χ0v) is 20.1. The number of hydrogen-bond donors (Lipinski definition) is 0. The molecule has 0 N–H and O–H groups in total. The summed E-state index contributed by atoms with van der Waals surface area (Å²) in [6.07, 6.45) is 1.73. The van der Waals surface area contributed by atoms with Crippen molar-refractivity contribution in [3.8, 4) is 5.75 Å². The van der Waals surface area contributed by atoms with E-state index in [4.69, 9.17) is 9.72 Å². The molecule has 1 fully saturated rings. The van der Waals surface area contributed by atoms with Crippen molar-refractivity contribution in [2.45, 2.75) is 33.1 Å². The van der Waals surface area contributed by atoms with Gasteiger partial charge in [-0.05, 0) is 48.7 Å². The van der Waals surface area contributed by atoms with Crippen molar-refractivity contribution in [3.05, 3.63) is 82.6 Å². The molecule has 1 saturated heterocycles. The fourth-order valence-electron chi connectivity index (χ4n) is 4.42. The lowest BCUT2D eigenvalue weighted by Gasteiger charge is -2.36. The molecular formula is C27H31FN4O2. The van der Waals surface area contributed by atoms with Crippen LogP contribution in [-0.4, -0.2) is 54.1 Å². The molecule has 3 aromatic rings. The minimum atomic E-state index is -0.242. The molecule has 0 radical (unpaired) electrons. The molecule has 6 nitrogen and oxygen atoms in total. The van der Waals surface area contributed by atoms with Gasteiger partial charge in [0.25, 0.3) is 0 Å². The Bertz CT molecular complexity index is 1140. The van der Waals surface area contributed by atoms with Gasteiger partial charge in [0.15, 0.2) is 0 Å². The highest BCUT2D eigenvalue weighted by Gasteiger charge is 2.25. The Labute approximate surface area is 200 Å². The number of hydrogen-bond acceptors (Lipinski definition) is 5. The number of rotatable bonds is 7. The Balaban J connectivity index is 1.47. The van der Waals surface area contributed by atoms with Crippen molar-refractivity contribution in [2.24, 2.45) is 0 Å². The van der Waals surface area contributed by atoms with Crippen molar-refractivity contribution < 1.29 is 13.9 Å². The number of benzene rings is 2. The van der Waals surface area contributed by atoms with Gasteiger partial charge in [-0.1, -0.05) is 31.2 Å². The smallest absolute Gasteiger partial charge is 0.227 e. The molecule has 1 aliphatic rings. The molecule has 1 aliphatic heterocycles. The number of amides is 1. The highest BCUT2D eigenvalue weighted by molar-refractivity contribution is 5.79. The molecule has 2 heterocycles. The van der Waals surface area contributed by atoms with Crippen LogP contribution in [-0.2, 0) is 24.1 Å². The molecule has 0 bridgehead atoms. The average Bonchev–Trinajstić information content (AvgIpc) is 2.85. The van der Waals surface area contributed by atoms with Gasteiger partial charge in [-0.25, -0.2) is 14.4 Å². The standard InChI is InChI=1S/C27H31FN4O2/c1-4-25-24(17-21-6-5-7-22(28)16-21)27(30-19(2)29-25)32-14-12-31(13-15-32)26(33)18-20-8-10-23(34-3)11-9-20/h5-11,16H,4,12-15,17-18H2,1-3H3. The number of carbonyl (C=O) groups excluding carboxylic acids is 1. The number of anilines is 1. The molecule has 2 aromatic carbocycles. The third-order valence-corrected chi connectivity index (χ3v) is 6.23. The number of nitrogens with zero attached hydrogens (tertiary/aromatic N) is 4. The first-order valence-electron chi connectivity index (χ1n) is 11.7. The number of ether oxygens (including phenoxy) is 1. The summed E-state index contributed by atoms with van der Waals surface area (Å²) in [7, 11) is 1.63. The number of piperazine rings is 1. The van der Waals surface area contributed by atoms with Crippen LogP contribution in [0.4, 0.5) is 10.2 Å². The lowest BCUT2D eigenvalue weighted by Crippen LogP contribution is -2.49. The zero-order valence-electron chi connectivity index (χ0n) is 20.1. The summed E-state index contributed by atoms with van der Waals surface area (Å²) in [4.78, 5) is 26.5. The van der Waals surface area contributed by atoms with Crippen LogP contribution in [0, 0.1) is 12.7 Å². The molecule has 1 aromatic heterocycles. The summed E-state index contributed by atoms with van der Waals surface area (Å²) >= 11 is 0. The molecule has 4 rings (SSSR count). The van der Waals surface area contributed by atoms with E-state index < -0.39 is 0 Å². The molecule has 178 valence electrons. The summed E-state index contributed by atoms with van der Waals surface area (Å²) in [6.45, 7) is 6.66. The number of aryl methyl sites for hydroxylation is 2. The van der Waals surface area contributed by atoms with Crippen LogP contribution in [0.5, 0.6) is 5.75 Å². The summed E-state index contributed by atoms with van der Waals surface area (Å²) < 4.78 is 19.0. The van der Waals surface area contributed by atoms with Crippen LogP contribution in [0.25, 0.3) is 0 Å². The second-order valence-corrected chi connectivity index (χ2v) is 8.57. The van der Waals surface area contributed by atoms with E-state index in [0.717, 1.165) is 46.2 Å². The van der Waals surface area contributed by atoms with Gasteiger partial charge in [0.1, 0.15) is 23.2 Å². The summed E-state index contributed by atoms with van der Waals surface area (Å²) in [5.74, 6) is 2.29. The number of aromatic nitrogens is 2. The van der Waals surface area contributed by atoms with Crippen molar-refractivity contribution in [2.75, 3.05) is 38.2 Å². The normalized spacial score (nSPS) is 13.8. The average molecular weight is 463 g/mol. The Morgan fingerprint density at radius 3 is 2.41 bits per heavy atom. The van der Waals surface area contributed by atoms with Crippen LogP contribution in [0.1, 0.15) is 35.1 Å². The summed E-state index contributed by atoms with van der Waals surface area (Å²) in [5, 5.41) is 0. The van der Waals surface area contributed by atoms with E-state index in [1.54, 1.807) is 19.2 Å². The second kappa shape index (κ2) is 10.6. The highest BCUT2D eigenvalue weighted by Crippen LogP contribution is 2.26. The molecule has 0 spiro atoms. The maximum absolute atomic E-state index is 13.8. The zero-order chi connectivity index (χ0) is 24.1. The highest BCUT2D eigenvalue weighted by atomic mass is 19.1. The van der Waals surface area contributed by atoms with Crippen LogP contribution >= 0.6 is 0 Å². The van der Waals surface area contributed by atoms with Gasteiger partial charge in [-0.2, -0.15) is 0 Å². The third-order valence-electron chi connectivity index (χ3n) is 6.23. The van der Waals surface area contributed by atoms with E-state index in [1.807, 2.05) is 42.2 Å². The van der Waals surface area contributed by atoms with Gasteiger partial charge in [0.2, 0.25) is 5.91 Å². The van der Waals surface area contributed by atoms with Gasteiger partial charge in [-0.3, -0.25) is 4.79 Å².